The molecule has 0 amide bonds. The van der Waals surface area contributed by atoms with Crippen LogP contribution in [-0.2, 0) is 5.11 Å². The number of unbranched alkanes of at least 4 members (excludes halogenated alkanes) is 6. The number of allylic oxidation sites excluding steroid dienone is 1. The van der Waals surface area contributed by atoms with Crippen LogP contribution in [-0.4, -0.2) is 6.61 Å². The Morgan fingerprint density at radius 1 is 0.909 bits per heavy atom. The van der Waals surface area contributed by atoms with Crippen molar-refractivity contribution >= 4 is 0 Å². The first kappa shape index (κ1) is 10.7. The zero-order valence-corrected chi connectivity index (χ0v) is 7.35. The minimum Gasteiger partial charge on any atom is -0.237 e. The normalized spacial score (nSPS) is 9.91. The van der Waals surface area contributed by atoms with Crippen LogP contribution >= 0.6 is 0 Å². The Balaban J connectivity index is 2.74. The van der Waals surface area contributed by atoms with Crippen LogP contribution in [0.15, 0.2) is 12.7 Å². The van der Waals surface area contributed by atoms with E-state index in [1.165, 1.54) is 25.7 Å². The highest BCUT2D eigenvalue weighted by molar-refractivity contribution is 4.65. The Bertz CT molecular complexity index is 78.9. The molecule has 1 nitrogen and oxygen atoms in total. The van der Waals surface area contributed by atoms with Crippen LogP contribution in [0.3, 0.4) is 0 Å². The average Bonchev–Trinajstić information content (AvgIpc) is 2.03. The molecule has 0 atom stereocenters. The molecule has 1 heteroatoms. The zero-order valence-electron chi connectivity index (χ0n) is 7.35. The van der Waals surface area contributed by atoms with Crippen LogP contribution in [0.4, 0.5) is 0 Å². The lowest BCUT2D eigenvalue weighted by Gasteiger charge is -1.97. The SMILES string of the molecule is C=CCCCCCCCC[O]. The van der Waals surface area contributed by atoms with Crippen molar-refractivity contribution in [2.24, 2.45) is 0 Å². The van der Waals surface area contributed by atoms with E-state index in [-0.39, 0.29) is 6.61 Å². The van der Waals surface area contributed by atoms with E-state index in [1.54, 1.807) is 0 Å². The van der Waals surface area contributed by atoms with E-state index in [4.69, 9.17) is 0 Å². The lowest BCUT2D eigenvalue weighted by atomic mass is 10.1. The molecule has 0 heterocycles. The second-order valence-corrected chi connectivity index (χ2v) is 2.90. The molecule has 0 bridgehead atoms. The van der Waals surface area contributed by atoms with Gasteiger partial charge in [0, 0.05) is 0 Å². The molecule has 0 aromatic rings. The highest BCUT2D eigenvalue weighted by Gasteiger charge is 1.89. The summed E-state index contributed by atoms with van der Waals surface area (Å²) in [5.41, 5.74) is 0. The van der Waals surface area contributed by atoms with E-state index in [1.807, 2.05) is 6.08 Å². The molecule has 11 heavy (non-hydrogen) atoms. The van der Waals surface area contributed by atoms with E-state index in [0.717, 1.165) is 19.3 Å². The molecule has 0 saturated carbocycles. The van der Waals surface area contributed by atoms with Crippen molar-refractivity contribution in [2.45, 2.75) is 44.9 Å². The topological polar surface area (TPSA) is 19.9 Å². The van der Waals surface area contributed by atoms with Gasteiger partial charge in [-0.05, 0) is 19.3 Å². The molecule has 0 aromatic heterocycles. The van der Waals surface area contributed by atoms with Crippen LogP contribution in [0.2, 0.25) is 0 Å². The Kier molecular flexibility index (Phi) is 9.44. The summed E-state index contributed by atoms with van der Waals surface area (Å²) in [6.07, 6.45) is 10.2. The van der Waals surface area contributed by atoms with E-state index in [0.29, 0.717) is 0 Å². The second kappa shape index (κ2) is 9.70. The molecule has 0 aromatic carbocycles. The lowest BCUT2D eigenvalue weighted by molar-refractivity contribution is 0.186. The summed E-state index contributed by atoms with van der Waals surface area (Å²) in [6.45, 7) is 3.77. The van der Waals surface area contributed by atoms with Crippen LogP contribution in [0.25, 0.3) is 0 Å². The molecule has 0 N–H and O–H groups in total. The van der Waals surface area contributed by atoms with Crippen molar-refractivity contribution in [3.63, 3.8) is 0 Å². The first-order valence-electron chi connectivity index (χ1n) is 4.61. The van der Waals surface area contributed by atoms with Gasteiger partial charge in [-0.2, -0.15) is 0 Å². The van der Waals surface area contributed by atoms with Gasteiger partial charge >= 0.3 is 0 Å². The molecule has 0 aliphatic rings. The van der Waals surface area contributed by atoms with E-state index in [9.17, 15) is 5.11 Å². The molecule has 0 rings (SSSR count). The summed E-state index contributed by atoms with van der Waals surface area (Å²) in [5.74, 6) is 0. The summed E-state index contributed by atoms with van der Waals surface area (Å²) in [7, 11) is 0. The third-order valence-electron chi connectivity index (χ3n) is 1.80. The standard InChI is InChI=1S/C10H19O/c1-2-3-4-5-6-7-8-9-10-11/h2H,1,3-10H2. The number of rotatable bonds is 8. The monoisotopic (exact) mass is 155 g/mol. The van der Waals surface area contributed by atoms with Crippen LogP contribution < -0.4 is 0 Å². The van der Waals surface area contributed by atoms with Gasteiger partial charge in [0.25, 0.3) is 0 Å². The Labute approximate surface area is 70.1 Å². The van der Waals surface area contributed by atoms with Crippen molar-refractivity contribution in [3.8, 4) is 0 Å². The van der Waals surface area contributed by atoms with Crippen molar-refractivity contribution in [2.75, 3.05) is 6.61 Å². The fourth-order valence-corrected chi connectivity index (χ4v) is 1.10. The first-order valence-corrected chi connectivity index (χ1v) is 4.61. The summed E-state index contributed by atoms with van der Waals surface area (Å²) in [4.78, 5) is 0. The molecular formula is C10H19O. The van der Waals surface area contributed by atoms with Crippen molar-refractivity contribution < 1.29 is 5.11 Å². The van der Waals surface area contributed by atoms with Crippen LogP contribution in [0, 0.1) is 0 Å². The molecule has 0 fully saturated rings. The molecule has 0 saturated heterocycles. The van der Waals surface area contributed by atoms with Crippen LogP contribution in [0.5, 0.6) is 0 Å². The largest absolute Gasteiger partial charge is 0.237 e. The first-order chi connectivity index (χ1) is 5.41. The lowest BCUT2D eigenvalue weighted by Crippen LogP contribution is -1.82. The fraction of sp³-hybridized carbons (Fsp3) is 0.800. The molecular weight excluding hydrogens is 136 g/mol. The maximum atomic E-state index is 10.1. The molecule has 0 spiro atoms. The molecule has 65 valence electrons. The summed E-state index contributed by atoms with van der Waals surface area (Å²) >= 11 is 0. The Morgan fingerprint density at radius 2 is 1.45 bits per heavy atom. The number of hydrogen-bond acceptors (Lipinski definition) is 0. The van der Waals surface area contributed by atoms with E-state index < -0.39 is 0 Å². The summed E-state index contributed by atoms with van der Waals surface area (Å²) in [6, 6.07) is 0. The van der Waals surface area contributed by atoms with Gasteiger partial charge < -0.3 is 0 Å². The van der Waals surface area contributed by atoms with Gasteiger partial charge in [-0.1, -0.05) is 31.8 Å². The summed E-state index contributed by atoms with van der Waals surface area (Å²) in [5, 5.41) is 10.1. The van der Waals surface area contributed by atoms with Gasteiger partial charge in [-0.3, -0.25) is 0 Å². The zero-order chi connectivity index (χ0) is 8.36. The third kappa shape index (κ3) is 9.70. The van der Waals surface area contributed by atoms with Gasteiger partial charge in [-0.15, -0.1) is 6.58 Å². The molecule has 0 aliphatic carbocycles. The van der Waals surface area contributed by atoms with Gasteiger partial charge in [0.05, 0.1) is 6.61 Å². The minimum atomic E-state index is 0.104. The average molecular weight is 155 g/mol. The van der Waals surface area contributed by atoms with E-state index >= 15 is 0 Å². The van der Waals surface area contributed by atoms with Crippen molar-refractivity contribution in [1.82, 2.24) is 0 Å². The van der Waals surface area contributed by atoms with Crippen molar-refractivity contribution in [3.05, 3.63) is 12.7 Å². The molecule has 0 unspecified atom stereocenters. The number of hydrogen-bond donors (Lipinski definition) is 0. The predicted molar refractivity (Wildman–Crippen MR) is 48.1 cm³/mol. The van der Waals surface area contributed by atoms with Gasteiger partial charge in [-0.25, -0.2) is 5.11 Å². The highest BCUT2D eigenvalue weighted by Crippen LogP contribution is 2.06. The molecule has 0 aliphatic heterocycles. The maximum absolute atomic E-state index is 10.1. The van der Waals surface area contributed by atoms with Gasteiger partial charge in [0.1, 0.15) is 0 Å². The third-order valence-corrected chi connectivity index (χ3v) is 1.80. The second-order valence-electron chi connectivity index (χ2n) is 2.90. The highest BCUT2D eigenvalue weighted by atomic mass is 16.2. The van der Waals surface area contributed by atoms with Gasteiger partial charge in [0.15, 0.2) is 0 Å². The predicted octanol–water partition coefficient (Wildman–Crippen LogP) is 3.33. The fourth-order valence-electron chi connectivity index (χ4n) is 1.10. The summed E-state index contributed by atoms with van der Waals surface area (Å²) < 4.78 is 0. The quantitative estimate of drug-likeness (QED) is 0.378. The maximum Gasteiger partial charge on any atom is 0.0822 e. The molecule has 1 radical (unpaired) electrons. The smallest absolute Gasteiger partial charge is 0.0822 e. The van der Waals surface area contributed by atoms with Crippen LogP contribution in [0.1, 0.15) is 44.9 Å². The van der Waals surface area contributed by atoms with Gasteiger partial charge in [0.2, 0.25) is 0 Å². The van der Waals surface area contributed by atoms with E-state index in [2.05, 4.69) is 6.58 Å². The Hall–Kier alpha value is -0.300. The minimum absolute atomic E-state index is 0.104. The Morgan fingerprint density at radius 3 is 2.00 bits per heavy atom. The van der Waals surface area contributed by atoms with Crippen molar-refractivity contribution in [1.29, 1.82) is 0 Å².